The van der Waals surface area contributed by atoms with Crippen molar-refractivity contribution in [1.82, 2.24) is 5.43 Å². The maximum atomic E-state index is 13.4. The molecule has 3 aromatic rings. The maximum absolute atomic E-state index is 13.4. The summed E-state index contributed by atoms with van der Waals surface area (Å²) < 4.78 is 72.3. The van der Waals surface area contributed by atoms with Crippen molar-refractivity contribution in [1.29, 1.82) is 0 Å². The second kappa shape index (κ2) is 10.9. The van der Waals surface area contributed by atoms with Crippen molar-refractivity contribution in [3.8, 4) is 11.5 Å². The Morgan fingerprint density at radius 1 is 1.14 bits per heavy atom. The van der Waals surface area contributed by atoms with E-state index >= 15 is 0 Å². The van der Waals surface area contributed by atoms with Crippen LogP contribution in [0.25, 0.3) is 0 Å². The Bertz CT molecular complexity index is 1380. The van der Waals surface area contributed by atoms with E-state index in [-0.39, 0.29) is 22.0 Å². The molecule has 0 heterocycles. The lowest BCUT2D eigenvalue weighted by Crippen LogP contribution is -2.39. The summed E-state index contributed by atoms with van der Waals surface area (Å²) in [5, 5.41) is 13.1. The van der Waals surface area contributed by atoms with E-state index in [9.17, 15) is 31.5 Å². The van der Waals surface area contributed by atoms with Gasteiger partial charge in [-0.25, -0.2) is 13.8 Å². The summed E-state index contributed by atoms with van der Waals surface area (Å²) in [5.41, 5.74) is 0.598. The molecule has 0 bridgehead atoms. The van der Waals surface area contributed by atoms with Crippen LogP contribution in [0.1, 0.15) is 11.1 Å². The van der Waals surface area contributed by atoms with Crippen LogP contribution in [0.4, 0.5) is 18.9 Å². The highest BCUT2D eigenvalue weighted by atomic mass is 35.5. The van der Waals surface area contributed by atoms with Crippen LogP contribution in [0.15, 0.2) is 76.7 Å². The van der Waals surface area contributed by atoms with Gasteiger partial charge in [0.1, 0.15) is 6.54 Å². The number of nitrogens with zero attached hydrogens (tertiary/aromatic N) is 2. The Kier molecular flexibility index (Phi) is 8.10. The molecule has 2 N–H and O–H groups in total. The van der Waals surface area contributed by atoms with E-state index < -0.39 is 44.9 Å². The van der Waals surface area contributed by atoms with E-state index in [1.54, 1.807) is 12.1 Å². The lowest BCUT2D eigenvalue weighted by atomic mass is 10.2. The monoisotopic (exact) mass is 541 g/mol. The van der Waals surface area contributed by atoms with Gasteiger partial charge in [-0.1, -0.05) is 35.9 Å². The summed E-state index contributed by atoms with van der Waals surface area (Å²) in [6, 6.07) is 13.9. The molecule has 0 radical (unpaired) electrons. The minimum atomic E-state index is -4.86. The molecular formula is C23H19ClF3N3O5S. The van der Waals surface area contributed by atoms with Crippen LogP contribution in [0.3, 0.4) is 0 Å². The van der Waals surface area contributed by atoms with Crippen LogP contribution in [0.2, 0.25) is 5.02 Å². The maximum Gasteiger partial charge on any atom is 0.417 e. The number of nitrogens with one attached hydrogen (secondary N) is 1. The number of hydrogen-bond acceptors (Lipinski definition) is 6. The fourth-order valence-electron chi connectivity index (χ4n) is 3.07. The zero-order valence-corrected chi connectivity index (χ0v) is 20.1. The van der Waals surface area contributed by atoms with Crippen molar-refractivity contribution in [2.75, 3.05) is 18.0 Å². The van der Waals surface area contributed by atoms with Crippen LogP contribution in [-0.4, -0.2) is 39.3 Å². The average molecular weight is 542 g/mol. The number of amides is 1. The van der Waals surface area contributed by atoms with E-state index in [0.717, 1.165) is 18.3 Å². The number of aromatic hydroxyl groups is 1. The first-order chi connectivity index (χ1) is 16.9. The van der Waals surface area contributed by atoms with Gasteiger partial charge >= 0.3 is 6.18 Å². The Labute approximate surface area is 209 Å². The molecule has 0 spiro atoms. The summed E-state index contributed by atoms with van der Waals surface area (Å²) in [7, 11) is -3.12. The summed E-state index contributed by atoms with van der Waals surface area (Å²) in [6.45, 7) is -0.905. The Hall–Kier alpha value is -3.77. The van der Waals surface area contributed by atoms with Crippen molar-refractivity contribution >= 4 is 39.4 Å². The van der Waals surface area contributed by atoms with Crippen LogP contribution < -0.4 is 14.5 Å². The molecule has 13 heteroatoms. The van der Waals surface area contributed by atoms with E-state index in [1.807, 2.05) is 0 Å². The number of anilines is 1. The van der Waals surface area contributed by atoms with E-state index in [1.165, 1.54) is 43.5 Å². The van der Waals surface area contributed by atoms with Gasteiger partial charge in [-0.2, -0.15) is 18.3 Å². The predicted octanol–water partition coefficient (Wildman–Crippen LogP) is 4.42. The Balaban J connectivity index is 1.93. The van der Waals surface area contributed by atoms with Gasteiger partial charge in [0, 0.05) is 5.56 Å². The number of methoxy groups -OCH3 is 1. The van der Waals surface area contributed by atoms with Gasteiger partial charge in [0.15, 0.2) is 11.5 Å². The zero-order valence-electron chi connectivity index (χ0n) is 18.5. The van der Waals surface area contributed by atoms with Gasteiger partial charge in [-0.3, -0.25) is 9.10 Å². The van der Waals surface area contributed by atoms with Crippen LogP contribution in [0.5, 0.6) is 11.5 Å². The second-order valence-corrected chi connectivity index (χ2v) is 9.45. The van der Waals surface area contributed by atoms with Gasteiger partial charge in [0.2, 0.25) is 0 Å². The fourth-order valence-corrected chi connectivity index (χ4v) is 4.73. The Morgan fingerprint density at radius 2 is 1.83 bits per heavy atom. The number of phenols is 1. The summed E-state index contributed by atoms with van der Waals surface area (Å²) in [5.74, 6) is -1.04. The molecule has 3 rings (SSSR count). The molecule has 1 amide bonds. The fraction of sp³-hybridized carbons (Fsp3) is 0.130. The molecule has 0 saturated carbocycles. The number of carbonyl (C=O) groups is 1. The second-order valence-electron chi connectivity index (χ2n) is 7.18. The molecule has 0 saturated heterocycles. The van der Waals surface area contributed by atoms with Crippen molar-refractivity contribution < 1.29 is 36.2 Å². The largest absolute Gasteiger partial charge is 0.504 e. The number of benzene rings is 3. The summed E-state index contributed by atoms with van der Waals surface area (Å²) in [4.78, 5) is 12.3. The molecule has 0 aliphatic rings. The van der Waals surface area contributed by atoms with E-state index in [2.05, 4.69) is 10.5 Å². The highest BCUT2D eigenvalue weighted by Gasteiger charge is 2.35. The van der Waals surface area contributed by atoms with Crippen LogP contribution in [-0.2, 0) is 21.0 Å². The molecule has 36 heavy (non-hydrogen) atoms. The van der Waals surface area contributed by atoms with Gasteiger partial charge in [0.25, 0.3) is 15.9 Å². The van der Waals surface area contributed by atoms with Crippen molar-refractivity contribution in [2.24, 2.45) is 5.10 Å². The highest BCUT2D eigenvalue weighted by molar-refractivity contribution is 7.92. The number of sulfonamides is 1. The first-order valence-corrected chi connectivity index (χ1v) is 11.9. The average Bonchev–Trinajstić information content (AvgIpc) is 2.84. The minimum Gasteiger partial charge on any atom is -0.504 e. The zero-order chi connectivity index (χ0) is 26.5. The molecule has 3 aromatic carbocycles. The Morgan fingerprint density at radius 3 is 2.47 bits per heavy atom. The van der Waals surface area contributed by atoms with Gasteiger partial charge < -0.3 is 9.84 Å². The summed E-state index contributed by atoms with van der Waals surface area (Å²) in [6.07, 6.45) is -3.77. The standard InChI is InChI=1S/C23H19ClF3N3O5S/c1-35-20-9-5-6-15(22(20)32)13-28-29-21(31)14-30(36(33,34)17-7-3-2-4-8-17)16-10-11-19(24)18(12-16)23(25,26)27/h2-13,32H,14H2,1H3,(H,29,31)/b28-13+. The first kappa shape index (κ1) is 26.8. The molecule has 0 unspecified atom stereocenters. The lowest BCUT2D eigenvalue weighted by molar-refractivity contribution is -0.137. The number of halogens is 4. The minimum absolute atomic E-state index is 0.161. The summed E-state index contributed by atoms with van der Waals surface area (Å²) >= 11 is 5.67. The molecule has 0 fully saturated rings. The third-order valence-corrected chi connectivity index (χ3v) is 6.92. The van der Waals surface area contributed by atoms with E-state index in [0.29, 0.717) is 10.4 Å². The van der Waals surface area contributed by atoms with Gasteiger partial charge in [-0.05, 0) is 42.5 Å². The molecule has 8 nitrogen and oxygen atoms in total. The molecule has 0 aromatic heterocycles. The molecular weight excluding hydrogens is 523 g/mol. The number of phenolic OH excluding ortho intramolecular Hbond substituents is 1. The van der Waals surface area contributed by atoms with Crippen molar-refractivity contribution in [2.45, 2.75) is 11.1 Å². The molecule has 0 aliphatic heterocycles. The number of hydrazone groups is 1. The number of carbonyl (C=O) groups excluding carboxylic acids is 1. The van der Waals surface area contributed by atoms with Crippen molar-refractivity contribution in [3.63, 3.8) is 0 Å². The first-order valence-electron chi connectivity index (χ1n) is 10.1. The number of rotatable bonds is 8. The topological polar surface area (TPSA) is 108 Å². The van der Waals surface area contributed by atoms with Crippen LogP contribution in [0, 0.1) is 0 Å². The van der Waals surface area contributed by atoms with E-state index in [4.69, 9.17) is 16.3 Å². The number of ether oxygens (including phenoxy) is 1. The van der Waals surface area contributed by atoms with Gasteiger partial charge in [0.05, 0.1) is 34.5 Å². The number of para-hydroxylation sites is 1. The smallest absolute Gasteiger partial charge is 0.417 e. The molecule has 0 aliphatic carbocycles. The van der Waals surface area contributed by atoms with Crippen molar-refractivity contribution in [3.05, 3.63) is 82.9 Å². The highest BCUT2D eigenvalue weighted by Crippen LogP contribution is 2.38. The normalized spacial score (nSPS) is 11.9. The van der Waals surface area contributed by atoms with Crippen LogP contribution >= 0.6 is 11.6 Å². The van der Waals surface area contributed by atoms with Gasteiger partial charge in [-0.15, -0.1) is 0 Å². The predicted molar refractivity (Wildman–Crippen MR) is 128 cm³/mol. The SMILES string of the molecule is COc1cccc(/C=N/NC(=O)CN(c2ccc(Cl)c(C(F)(F)F)c2)S(=O)(=O)c2ccccc2)c1O. The third kappa shape index (κ3) is 6.07. The lowest BCUT2D eigenvalue weighted by Gasteiger charge is -2.24. The third-order valence-electron chi connectivity index (χ3n) is 4.80. The number of alkyl halides is 3. The quantitative estimate of drug-likeness (QED) is 0.324. The number of hydrogen-bond donors (Lipinski definition) is 2. The molecule has 190 valence electrons. The molecule has 0 atom stereocenters.